The Balaban J connectivity index is 2.31. The maximum absolute atomic E-state index is 9.98. The Kier molecular flexibility index (Phi) is 6.27. The van der Waals surface area contributed by atoms with E-state index < -0.39 is 0 Å². The molecule has 0 spiro atoms. The molecular formula is C15H29NO3. The fourth-order valence-electron chi connectivity index (χ4n) is 2.71. The lowest BCUT2D eigenvalue weighted by Crippen LogP contribution is -2.38. The minimum absolute atomic E-state index is 0.348. The van der Waals surface area contributed by atoms with Gasteiger partial charge in [0.2, 0.25) is 0 Å². The van der Waals surface area contributed by atoms with E-state index in [1.807, 2.05) is 0 Å². The fraction of sp³-hybridized carbons (Fsp3) is 0.933. The molecule has 0 bridgehead atoms. The van der Waals surface area contributed by atoms with Gasteiger partial charge in [-0.25, -0.2) is 0 Å². The lowest BCUT2D eigenvalue weighted by atomic mass is 9.81. The van der Waals surface area contributed by atoms with Crippen molar-refractivity contribution >= 4 is 6.47 Å². The van der Waals surface area contributed by atoms with Gasteiger partial charge in [-0.3, -0.25) is 9.69 Å². The molecule has 19 heavy (non-hydrogen) atoms. The van der Waals surface area contributed by atoms with Gasteiger partial charge in [-0.1, -0.05) is 27.7 Å². The first kappa shape index (κ1) is 16.4. The molecule has 1 fully saturated rings. The molecule has 0 unspecified atom stereocenters. The molecule has 0 aromatic carbocycles. The first-order valence-electron chi connectivity index (χ1n) is 7.20. The second-order valence-electron chi connectivity index (χ2n) is 7.12. The number of hydrogen-bond acceptors (Lipinski definition) is 4. The summed E-state index contributed by atoms with van der Waals surface area (Å²) in [6, 6.07) is 0. The molecule has 0 aromatic rings. The van der Waals surface area contributed by atoms with E-state index in [1.54, 1.807) is 0 Å². The van der Waals surface area contributed by atoms with Gasteiger partial charge < -0.3 is 9.47 Å². The molecule has 0 radical (unpaired) electrons. The fourth-order valence-corrected chi connectivity index (χ4v) is 2.71. The van der Waals surface area contributed by atoms with Crippen LogP contribution in [0.1, 0.15) is 40.5 Å². The molecule has 0 aliphatic carbocycles. The summed E-state index contributed by atoms with van der Waals surface area (Å²) in [5.41, 5.74) is 0.767. The smallest absolute Gasteiger partial charge is 0.293 e. The van der Waals surface area contributed by atoms with Gasteiger partial charge in [0, 0.05) is 19.6 Å². The van der Waals surface area contributed by atoms with Crippen LogP contribution in [0.5, 0.6) is 0 Å². The average molecular weight is 271 g/mol. The Bertz CT molecular complexity index is 259. The van der Waals surface area contributed by atoms with Crippen LogP contribution in [0.25, 0.3) is 0 Å². The second kappa shape index (κ2) is 7.25. The van der Waals surface area contributed by atoms with Crippen molar-refractivity contribution in [1.29, 1.82) is 0 Å². The van der Waals surface area contributed by atoms with Gasteiger partial charge in [-0.05, 0) is 23.7 Å². The Morgan fingerprint density at radius 3 is 2.11 bits per heavy atom. The zero-order valence-corrected chi connectivity index (χ0v) is 12.9. The Labute approximate surface area is 117 Å². The minimum Gasteiger partial charge on any atom is -0.465 e. The first-order chi connectivity index (χ1) is 8.85. The highest BCUT2D eigenvalue weighted by Gasteiger charge is 2.32. The zero-order valence-electron chi connectivity index (χ0n) is 12.9. The van der Waals surface area contributed by atoms with Crippen LogP contribution in [0.15, 0.2) is 0 Å². The molecule has 1 rings (SSSR count). The molecular weight excluding hydrogens is 242 g/mol. The Morgan fingerprint density at radius 2 is 1.58 bits per heavy atom. The van der Waals surface area contributed by atoms with Crippen molar-refractivity contribution in [2.45, 2.75) is 40.5 Å². The molecule has 1 heterocycles. The molecule has 112 valence electrons. The van der Waals surface area contributed by atoms with Gasteiger partial charge in [-0.15, -0.1) is 0 Å². The normalized spacial score (nSPS) is 22.7. The Morgan fingerprint density at radius 1 is 1.00 bits per heavy atom. The van der Waals surface area contributed by atoms with Gasteiger partial charge in [0.15, 0.2) is 0 Å². The predicted octanol–water partition coefficient (Wildman–Crippen LogP) is 2.32. The summed E-state index contributed by atoms with van der Waals surface area (Å²) < 4.78 is 10.1. The van der Waals surface area contributed by atoms with Crippen molar-refractivity contribution in [2.24, 2.45) is 10.8 Å². The SMILES string of the molecule is CC1(C)CCC(C)(C)CN(CCOCCOC=O)C1. The Hall–Kier alpha value is -0.610. The first-order valence-corrected chi connectivity index (χ1v) is 7.20. The van der Waals surface area contributed by atoms with E-state index in [-0.39, 0.29) is 0 Å². The van der Waals surface area contributed by atoms with E-state index in [9.17, 15) is 4.79 Å². The summed E-state index contributed by atoms with van der Waals surface area (Å²) >= 11 is 0. The van der Waals surface area contributed by atoms with E-state index in [0.717, 1.165) is 19.6 Å². The molecule has 0 amide bonds. The van der Waals surface area contributed by atoms with Crippen molar-refractivity contribution < 1.29 is 14.3 Å². The van der Waals surface area contributed by atoms with Crippen molar-refractivity contribution in [3.05, 3.63) is 0 Å². The number of hydrogen-bond donors (Lipinski definition) is 0. The third-order valence-electron chi connectivity index (χ3n) is 3.75. The molecule has 1 saturated heterocycles. The molecule has 0 aromatic heterocycles. The average Bonchev–Trinajstić information content (AvgIpc) is 2.40. The number of likely N-dealkylation sites (tertiary alicyclic amines) is 1. The highest BCUT2D eigenvalue weighted by Crippen LogP contribution is 2.36. The summed E-state index contributed by atoms with van der Waals surface area (Å²) in [7, 11) is 0. The van der Waals surface area contributed by atoms with Gasteiger partial charge in [-0.2, -0.15) is 0 Å². The van der Waals surface area contributed by atoms with Crippen LogP contribution in [0.4, 0.5) is 0 Å². The molecule has 4 nitrogen and oxygen atoms in total. The number of nitrogens with zero attached hydrogens (tertiary/aromatic N) is 1. The predicted molar refractivity (Wildman–Crippen MR) is 76.1 cm³/mol. The maximum Gasteiger partial charge on any atom is 0.293 e. The van der Waals surface area contributed by atoms with Crippen LogP contribution in [-0.2, 0) is 14.3 Å². The van der Waals surface area contributed by atoms with Crippen molar-refractivity contribution in [3.8, 4) is 0 Å². The zero-order chi connectivity index (χ0) is 14.4. The maximum atomic E-state index is 9.98. The quantitative estimate of drug-likeness (QED) is 0.526. The number of ether oxygens (including phenoxy) is 2. The van der Waals surface area contributed by atoms with Gasteiger partial charge >= 0.3 is 0 Å². The summed E-state index contributed by atoms with van der Waals surface area (Å²) in [6.07, 6.45) is 2.56. The van der Waals surface area contributed by atoms with E-state index in [2.05, 4.69) is 37.3 Å². The van der Waals surface area contributed by atoms with Crippen LogP contribution in [0.2, 0.25) is 0 Å². The molecule has 0 atom stereocenters. The monoisotopic (exact) mass is 271 g/mol. The number of rotatable bonds is 7. The highest BCUT2D eigenvalue weighted by atomic mass is 16.5. The summed E-state index contributed by atoms with van der Waals surface area (Å²) in [6.45, 7) is 14.6. The lowest BCUT2D eigenvalue weighted by Gasteiger charge is -2.31. The third-order valence-corrected chi connectivity index (χ3v) is 3.75. The van der Waals surface area contributed by atoms with Crippen LogP contribution in [0.3, 0.4) is 0 Å². The summed E-state index contributed by atoms with van der Waals surface area (Å²) in [5.74, 6) is 0. The second-order valence-corrected chi connectivity index (χ2v) is 7.12. The highest BCUT2D eigenvalue weighted by molar-refractivity contribution is 5.36. The van der Waals surface area contributed by atoms with E-state index in [1.165, 1.54) is 12.8 Å². The largest absolute Gasteiger partial charge is 0.465 e. The van der Waals surface area contributed by atoms with Crippen molar-refractivity contribution in [1.82, 2.24) is 4.90 Å². The molecule has 1 aliphatic rings. The van der Waals surface area contributed by atoms with Crippen molar-refractivity contribution in [3.63, 3.8) is 0 Å². The number of carbonyl (C=O) groups excluding carboxylic acids is 1. The van der Waals surface area contributed by atoms with Crippen LogP contribution in [-0.4, -0.2) is 50.8 Å². The van der Waals surface area contributed by atoms with Crippen LogP contribution in [0, 0.1) is 10.8 Å². The summed E-state index contributed by atoms with van der Waals surface area (Å²) in [5, 5.41) is 0. The molecule has 0 saturated carbocycles. The molecule has 1 aliphatic heterocycles. The van der Waals surface area contributed by atoms with Gasteiger partial charge in [0.25, 0.3) is 6.47 Å². The number of carbonyl (C=O) groups is 1. The lowest BCUT2D eigenvalue weighted by molar-refractivity contribution is -0.130. The minimum atomic E-state index is 0.348. The van der Waals surface area contributed by atoms with Crippen LogP contribution >= 0.6 is 0 Å². The molecule has 4 heteroatoms. The van der Waals surface area contributed by atoms with Crippen molar-refractivity contribution in [2.75, 3.05) is 39.5 Å². The van der Waals surface area contributed by atoms with Gasteiger partial charge in [0.05, 0.1) is 13.2 Å². The topological polar surface area (TPSA) is 38.8 Å². The van der Waals surface area contributed by atoms with Gasteiger partial charge in [0.1, 0.15) is 6.61 Å². The standard InChI is InChI=1S/C15H29NO3/c1-14(2)5-6-15(3,4)12-16(11-14)7-8-18-9-10-19-13-17/h13H,5-12H2,1-4H3. The third kappa shape index (κ3) is 6.92. The summed E-state index contributed by atoms with van der Waals surface area (Å²) in [4.78, 5) is 12.5. The van der Waals surface area contributed by atoms with E-state index in [0.29, 0.717) is 37.1 Å². The van der Waals surface area contributed by atoms with E-state index in [4.69, 9.17) is 4.74 Å². The van der Waals surface area contributed by atoms with Crippen LogP contribution < -0.4 is 0 Å². The van der Waals surface area contributed by atoms with E-state index >= 15 is 0 Å². The molecule has 0 N–H and O–H groups in total.